The van der Waals surface area contributed by atoms with Crippen LogP contribution >= 0.6 is 7.60 Å². The van der Waals surface area contributed by atoms with Gasteiger partial charge in [0.25, 0.3) is 0 Å². The van der Waals surface area contributed by atoms with Gasteiger partial charge in [0.1, 0.15) is 0 Å². The molecule has 0 heterocycles. The molecule has 0 radical (unpaired) electrons. The molecule has 0 aliphatic rings. The van der Waals surface area contributed by atoms with Crippen molar-refractivity contribution in [3.05, 3.63) is 0 Å². The zero-order chi connectivity index (χ0) is 27.5. The van der Waals surface area contributed by atoms with Gasteiger partial charge in [-0.2, -0.15) is 0 Å². The summed E-state index contributed by atoms with van der Waals surface area (Å²) in [6, 6.07) is 0. The SMILES string of the molecule is CCCCCCCCCCCCCCOP(=O)(C[As+](C)(C)C)OCCCCCCCCCCCCCC. The van der Waals surface area contributed by atoms with E-state index in [4.69, 9.17) is 9.05 Å². The Kier molecular flexibility index (Phi) is 27.4. The summed E-state index contributed by atoms with van der Waals surface area (Å²) in [6.07, 6.45) is 31.9. The number of unbranched alkanes of at least 4 members (excludes halogenated alkanes) is 22. The second-order valence-corrected chi connectivity index (χ2v) is 25.9. The molecule has 0 aromatic rings. The van der Waals surface area contributed by atoms with Crippen molar-refractivity contribution in [2.45, 2.75) is 185 Å². The molecule has 0 saturated heterocycles. The van der Waals surface area contributed by atoms with Crippen LogP contribution in [0.4, 0.5) is 0 Å². The molecular weight excluding hydrogens is 538 g/mol. The fourth-order valence-corrected chi connectivity index (χ4v) is 14.6. The molecule has 0 aromatic heterocycles. The molecular formula is C32H69AsO3P+. The van der Waals surface area contributed by atoms with Gasteiger partial charge >= 0.3 is 173 Å². The van der Waals surface area contributed by atoms with Crippen molar-refractivity contribution in [3.8, 4) is 0 Å². The van der Waals surface area contributed by atoms with E-state index in [1.54, 1.807) is 0 Å². The fraction of sp³-hybridized carbons (Fsp3) is 1.00. The van der Waals surface area contributed by atoms with Crippen molar-refractivity contribution in [3.63, 3.8) is 0 Å². The summed E-state index contributed by atoms with van der Waals surface area (Å²) < 4.78 is 25.4. The molecule has 0 spiro atoms. The molecule has 37 heavy (non-hydrogen) atoms. The normalized spacial score (nSPS) is 12.5. The maximum absolute atomic E-state index is 13.4. The van der Waals surface area contributed by atoms with E-state index in [1.807, 2.05) is 0 Å². The maximum atomic E-state index is 13.4. The van der Waals surface area contributed by atoms with E-state index >= 15 is 0 Å². The van der Waals surface area contributed by atoms with Crippen LogP contribution in [0.15, 0.2) is 0 Å². The molecule has 0 atom stereocenters. The molecule has 0 saturated carbocycles. The van der Waals surface area contributed by atoms with Crippen LogP contribution in [0.25, 0.3) is 0 Å². The molecule has 0 rings (SSSR count). The Morgan fingerprint density at radius 1 is 0.432 bits per heavy atom. The Morgan fingerprint density at radius 2 is 0.676 bits per heavy atom. The first-order chi connectivity index (χ1) is 17.8. The first kappa shape index (κ1) is 37.7. The zero-order valence-corrected chi connectivity index (χ0v) is 29.0. The summed E-state index contributed by atoms with van der Waals surface area (Å²) in [5.41, 5.74) is 6.89. The number of hydrogen-bond acceptors (Lipinski definition) is 3. The molecule has 0 aromatic carbocycles. The first-order valence-corrected chi connectivity index (χ1v) is 25.2. The Bertz CT molecular complexity index is 473. The molecule has 5 heteroatoms. The van der Waals surface area contributed by atoms with Gasteiger partial charge in [0.2, 0.25) is 0 Å². The van der Waals surface area contributed by atoms with Crippen LogP contribution in [0.1, 0.15) is 168 Å². The van der Waals surface area contributed by atoms with Crippen LogP contribution < -0.4 is 0 Å². The van der Waals surface area contributed by atoms with Crippen LogP contribution in [0.5, 0.6) is 0 Å². The summed E-state index contributed by atoms with van der Waals surface area (Å²) in [6.45, 7) is 5.76. The Balaban J connectivity index is 3.80. The van der Waals surface area contributed by atoms with E-state index in [0.717, 1.165) is 12.8 Å². The van der Waals surface area contributed by atoms with Crippen molar-refractivity contribution in [2.24, 2.45) is 0 Å². The molecule has 0 unspecified atom stereocenters. The van der Waals surface area contributed by atoms with Crippen molar-refractivity contribution >= 4 is 21.1 Å². The molecule has 224 valence electrons. The van der Waals surface area contributed by atoms with Gasteiger partial charge in [-0.1, -0.05) is 65.2 Å². The predicted molar refractivity (Wildman–Crippen MR) is 170 cm³/mol. The monoisotopic (exact) mass is 607 g/mol. The summed E-state index contributed by atoms with van der Waals surface area (Å²) in [4.78, 5) is 0.682. The van der Waals surface area contributed by atoms with Crippen molar-refractivity contribution in [1.29, 1.82) is 0 Å². The Morgan fingerprint density at radius 3 is 0.919 bits per heavy atom. The van der Waals surface area contributed by atoms with Gasteiger partial charge < -0.3 is 0 Å². The topological polar surface area (TPSA) is 35.5 Å². The fourth-order valence-electron chi connectivity index (χ4n) is 4.93. The van der Waals surface area contributed by atoms with Gasteiger partial charge in [0.15, 0.2) is 0 Å². The van der Waals surface area contributed by atoms with Crippen LogP contribution in [-0.4, -0.2) is 31.7 Å². The Labute approximate surface area is 237 Å². The summed E-state index contributed by atoms with van der Waals surface area (Å²) >= 11 is -1.86. The van der Waals surface area contributed by atoms with Gasteiger partial charge in [-0.15, -0.1) is 0 Å². The minimum Gasteiger partial charge on any atom is -0.0654 e. The molecule has 0 aliphatic heterocycles. The Hall–Kier alpha value is 0.708. The minimum absolute atomic E-state index is 0.600. The van der Waals surface area contributed by atoms with E-state index in [0.29, 0.717) is 18.2 Å². The van der Waals surface area contributed by atoms with Gasteiger partial charge in [0.05, 0.1) is 0 Å². The predicted octanol–water partition coefficient (Wildman–Crippen LogP) is 12.5. The van der Waals surface area contributed by atoms with Crippen LogP contribution in [0.2, 0.25) is 17.1 Å². The minimum atomic E-state index is -2.93. The summed E-state index contributed by atoms with van der Waals surface area (Å²) in [5, 5.41) is 0. The van der Waals surface area contributed by atoms with Gasteiger partial charge in [0, 0.05) is 0 Å². The quantitative estimate of drug-likeness (QED) is 0.0463. The smallest absolute Gasteiger partial charge is 0.0654 e. The third-order valence-electron chi connectivity index (χ3n) is 7.17. The molecule has 0 amide bonds. The summed E-state index contributed by atoms with van der Waals surface area (Å²) in [5.74, 6) is 0. The first-order valence-electron chi connectivity index (χ1n) is 16.5. The summed E-state index contributed by atoms with van der Waals surface area (Å²) in [7, 11) is -2.93. The van der Waals surface area contributed by atoms with Crippen molar-refractivity contribution in [1.82, 2.24) is 0 Å². The second-order valence-electron chi connectivity index (χ2n) is 12.5. The third kappa shape index (κ3) is 29.5. The standard InChI is InChI=1S/C32H69AsO3P/c1-6-8-10-12-14-16-18-20-22-24-26-28-30-35-37(34,32-33(3,4)5)36-31-29-27-25-23-21-19-17-15-13-11-9-7-2/h6-32H2,1-5H3/q+1. The molecule has 3 nitrogen and oxygen atoms in total. The van der Waals surface area contributed by atoms with Gasteiger partial charge in [-0.05, 0) is 0 Å². The molecule has 0 N–H and O–H groups in total. The van der Waals surface area contributed by atoms with Crippen molar-refractivity contribution < 1.29 is 13.6 Å². The van der Waals surface area contributed by atoms with E-state index in [9.17, 15) is 4.57 Å². The van der Waals surface area contributed by atoms with Crippen LogP contribution in [0, 0.1) is 0 Å². The van der Waals surface area contributed by atoms with E-state index < -0.39 is 21.1 Å². The van der Waals surface area contributed by atoms with E-state index in [1.165, 1.54) is 141 Å². The zero-order valence-electron chi connectivity index (χ0n) is 26.2. The van der Waals surface area contributed by atoms with Crippen molar-refractivity contribution in [2.75, 3.05) is 18.2 Å². The van der Waals surface area contributed by atoms with Gasteiger partial charge in [-0.3, -0.25) is 0 Å². The van der Waals surface area contributed by atoms with E-state index in [-0.39, 0.29) is 0 Å². The number of hydrogen-bond donors (Lipinski definition) is 0. The molecule has 0 bridgehead atoms. The molecule has 0 fully saturated rings. The number of rotatable bonds is 30. The average Bonchev–Trinajstić information content (AvgIpc) is 2.84. The molecule has 0 aliphatic carbocycles. The second kappa shape index (κ2) is 26.9. The van der Waals surface area contributed by atoms with Crippen LogP contribution in [0.3, 0.4) is 0 Å². The average molecular weight is 608 g/mol. The third-order valence-corrected chi connectivity index (χ3v) is 17.0. The van der Waals surface area contributed by atoms with E-state index in [2.05, 4.69) is 31.0 Å². The van der Waals surface area contributed by atoms with Gasteiger partial charge in [-0.25, -0.2) is 0 Å². The van der Waals surface area contributed by atoms with Crippen LogP contribution in [-0.2, 0) is 13.6 Å².